The second-order valence-corrected chi connectivity index (χ2v) is 18.2. The van der Waals surface area contributed by atoms with Gasteiger partial charge in [-0.15, -0.1) is 0 Å². The van der Waals surface area contributed by atoms with E-state index in [0.29, 0.717) is 22.5 Å². The van der Waals surface area contributed by atoms with Crippen molar-refractivity contribution in [3.63, 3.8) is 0 Å². The maximum Gasteiger partial charge on any atom is 0.135 e. The Hall–Kier alpha value is -9.88. The highest BCUT2D eigenvalue weighted by Gasteiger charge is 2.24. The Labute approximate surface area is 398 Å². The second-order valence-electron chi connectivity index (χ2n) is 18.2. The van der Waals surface area contributed by atoms with Crippen molar-refractivity contribution in [3.8, 4) is 45.8 Å². The molecule has 6 heteroatoms. The average Bonchev–Trinajstić information content (AvgIpc) is 4.17. The SMILES string of the molecule is N#Cc1cc(-n2c3ccc(-c4ccc5oc6ccccc6c5c4)cc3c3c4ccccc4ccc32)c(C#N)c(-n2c3ccc(-c4ccc5oc6ccccc6c5c4)cc3c3c4ccccc4ccc32)c1. The summed E-state index contributed by atoms with van der Waals surface area (Å²) >= 11 is 0. The van der Waals surface area contributed by atoms with Crippen molar-refractivity contribution in [2.45, 2.75) is 0 Å². The molecule has 0 atom stereocenters. The first-order chi connectivity index (χ1) is 34.6. The molecule has 0 unspecified atom stereocenters. The Bertz CT molecular complexity index is 4580. The third kappa shape index (κ3) is 5.36. The van der Waals surface area contributed by atoms with Gasteiger partial charge in [0, 0.05) is 43.1 Å². The summed E-state index contributed by atoms with van der Waals surface area (Å²) in [5.41, 5.74) is 13.6. The fourth-order valence-electron chi connectivity index (χ4n) is 11.4. The molecule has 0 amide bonds. The van der Waals surface area contributed by atoms with Gasteiger partial charge in [-0.2, -0.15) is 10.5 Å². The summed E-state index contributed by atoms with van der Waals surface area (Å²) in [7, 11) is 0. The smallest absolute Gasteiger partial charge is 0.135 e. The van der Waals surface area contributed by atoms with Crippen LogP contribution in [-0.2, 0) is 0 Å². The molecule has 0 saturated carbocycles. The predicted octanol–water partition coefficient (Wildman–Crippen LogP) is 17.1. The Kier molecular flexibility index (Phi) is 7.82. The molecule has 0 N–H and O–H groups in total. The monoisotopic (exact) mass is 890 g/mol. The van der Waals surface area contributed by atoms with E-state index in [1.807, 2.05) is 48.5 Å². The summed E-state index contributed by atoms with van der Waals surface area (Å²) in [5.74, 6) is 0. The first-order valence-electron chi connectivity index (χ1n) is 23.3. The topological polar surface area (TPSA) is 83.7 Å². The van der Waals surface area contributed by atoms with E-state index < -0.39 is 0 Å². The largest absolute Gasteiger partial charge is 0.456 e. The molecule has 0 radical (unpaired) electrons. The van der Waals surface area contributed by atoms with E-state index in [4.69, 9.17) is 8.83 Å². The van der Waals surface area contributed by atoms with Gasteiger partial charge in [0.25, 0.3) is 0 Å². The molecule has 15 rings (SSSR count). The number of nitrogens with zero attached hydrogens (tertiary/aromatic N) is 4. The minimum atomic E-state index is 0.449. The van der Waals surface area contributed by atoms with Crippen LogP contribution in [0.2, 0.25) is 0 Å². The van der Waals surface area contributed by atoms with Gasteiger partial charge in [-0.05, 0) is 129 Å². The summed E-state index contributed by atoms with van der Waals surface area (Å²) in [6.45, 7) is 0. The quantitative estimate of drug-likeness (QED) is 0.176. The molecular weight excluding hydrogens is 857 g/mol. The molecule has 6 nitrogen and oxygen atoms in total. The first-order valence-corrected chi connectivity index (χ1v) is 23.3. The Morgan fingerprint density at radius 1 is 0.314 bits per heavy atom. The highest BCUT2D eigenvalue weighted by atomic mass is 16.3. The molecule has 0 spiro atoms. The van der Waals surface area contributed by atoms with E-state index in [1.165, 1.54) is 0 Å². The molecule has 11 aromatic carbocycles. The van der Waals surface area contributed by atoms with Crippen LogP contribution in [0.1, 0.15) is 11.1 Å². The van der Waals surface area contributed by atoms with Crippen molar-refractivity contribution in [1.29, 1.82) is 10.5 Å². The van der Waals surface area contributed by atoms with E-state index in [1.54, 1.807) is 0 Å². The van der Waals surface area contributed by atoms with Crippen molar-refractivity contribution in [1.82, 2.24) is 9.13 Å². The zero-order valence-electron chi connectivity index (χ0n) is 37.2. The van der Waals surface area contributed by atoms with Crippen molar-refractivity contribution < 1.29 is 8.83 Å². The number of fused-ring (bicyclic) bond motifs is 16. The Morgan fingerprint density at radius 2 is 0.700 bits per heavy atom. The number of furan rings is 2. The minimum absolute atomic E-state index is 0.449. The normalized spacial score (nSPS) is 12.0. The molecular formula is C64H34N4O2. The van der Waals surface area contributed by atoms with Crippen LogP contribution in [0.25, 0.3) is 143 Å². The van der Waals surface area contributed by atoms with Crippen LogP contribution in [0, 0.1) is 22.7 Å². The fraction of sp³-hybridized carbons (Fsp3) is 0. The van der Waals surface area contributed by atoms with E-state index in [-0.39, 0.29) is 0 Å². The third-order valence-corrected chi connectivity index (χ3v) is 14.5. The van der Waals surface area contributed by atoms with Gasteiger partial charge in [0.15, 0.2) is 0 Å². The molecule has 0 aliphatic rings. The van der Waals surface area contributed by atoms with E-state index in [9.17, 15) is 10.5 Å². The van der Waals surface area contributed by atoms with Crippen LogP contribution in [-0.4, -0.2) is 9.13 Å². The zero-order chi connectivity index (χ0) is 46.2. The standard InChI is InChI=1S/C64H34N4O2/c65-35-37-29-57(67-53-23-19-40(33-50(53)63-44-11-3-1-9-38(44)17-25-55(63)67)42-21-27-61-48(31-42)46-13-5-7-15-59(46)69-61)52(36-66)58(30-37)68-54-24-20-41(34-51(54)64-45-12-4-2-10-39(45)18-26-56(64)68)43-22-28-62-49(32-43)47-14-6-8-16-60(47)70-62/h1-34H. The summed E-state index contributed by atoms with van der Waals surface area (Å²) in [4.78, 5) is 0. The van der Waals surface area contributed by atoms with E-state index in [2.05, 4.69) is 179 Å². The molecule has 0 aliphatic carbocycles. The van der Waals surface area contributed by atoms with Crippen molar-refractivity contribution in [2.75, 3.05) is 0 Å². The molecule has 0 aliphatic heterocycles. The third-order valence-electron chi connectivity index (χ3n) is 14.5. The minimum Gasteiger partial charge on any atom is -0.456 e. The van der Waals surface area contributed by atoms with Crippen molar-refractivity contribution in [2.24, 2.45) is 0 Å². The molecule has 4 aromatic heterocycles. The maximum absolute atomic E-state index is 11.6. The fourth-order valence-corrected chi connectivity index (χ4v) is 11.4. The van der Waals surface area contributed by atoms with Gasteiger partial charge in [0.2, 0.25) is 0 Å². The number of hydrogen-bond donors (Lipinski definition) is 0. The number of rotatable bonds is 4. The van der Waals surface area contributed by atoms with Gasteiger partial charge in [0.1, 0.15) is 34.0 Å². The van der Waals surface area contributed by atoms with Crippen LogP contribution in [0.5, 0.6) is 0 Å². The maximum atomic E-state index is 11.6. The number of para-hydroxylation sites is 2. The first kappa shape index (κ1) is 38.2. The molecule has 4 heterocycles. The highest BCUT2D eigenvalue weighted by molar-refractivity contribution is 6.24. The Balaban J connectivity index is 0.988. The van der Waals surface area contributed by atoms with Crippen LogP contribution < -0.4 is 0 Å². The number of aromatic nitrogens is 2. The number of benzene rings is 11. The van der Waals surface area contributed by atoms with Crippen LogP contribution in [0.15, 0.2) is 215 Å². The lowest BCUT2D eigenvalue weighted by Crippen LogP contribution is -2.05. The van der Waals surface area contributed by atoms with E-state index in [0.717, 1.165) is 131 Å². The van der Waals surface area contributed by atoms with Gasteiger partial charge >= 0.3 is 0 Å². The lowest BCUT2D eigenvalue weighted by atomic mass is 9.99. The highest BCUT2D eigenvalue weighted by Crippen LogP contribution is 2.44. The molecule has 70 heavy (non-hydrogen) atoms. The molecule has 0 fully saturated rings. The van der Waals surface area contributed by atoms with Crippen LogP contribution in [0.3, 0.4) is 0 Å². The molecule has 0 bridgehead atoms. The summed E-state index contributed by atoms with van der Waals surface area (Å²) < 4.78 is 16.8. The van der Waals surface area contributed by atoms with Gasteiger partial charge in [-0.25, -0.2) is 0 Å². The van der Waals surface area contributed by atoms with Crippen LogP contribution >= 0.6 is 0 Å². The zero-order valence-corrected chi connectivity index (χ0v) is 37.2. The van der Waals surface area contributed by atoms with Crippen molar-refractivity contribution >= 4 is 109 Å². The molecule has 0 saturated heterocycles. The summed E-state index contributed by atoms with van der Waals surface area (Å²) in [6, 6.07) is 76.7. The van der Waals surface area contributed by atoms with Gasteiger partial charge in [-0.1, -0.05) is 121 Å². The Morgan fingerprint density at radius 3 is 1.16 bits per heavy atom. The number of nitriles is 2. The van der Waals surface area contributed by atoms with Gasteiger partial charge in [-0.3, -0.25) is 0 Å². The van der Waals surface area contributed by atoms with Gasteiger partial charge < -0.3 is 18.0 Å². The second kappa shape index (κ2) is 14.3. The lowest BCUT2D eigenvalue weighted by Gasteiger charge is -2.17. The number of hydrogen-bond acceptors (Lipinski definition) is 4. The molecule has 322 valence electrons. The molecule has 15 aromatic rings. The summed E-state index contributed by atoms with van der Waals surface area (Å²) in [6.07, 6.45) is 0. The predicted molar refractivity (Wildman–Crippen MR) is 285 cm³/mol. The summed E-state index contributed by atoms with van der Waals surface area (Å²) in [5, 5.41) is 35.5. The van der Waals surface area contributed by atoms with Crippen molar-refractivity contribution in [3.05, 3.63) is 217 Å². The van der Waals surface area contributed by atoms with Gasteiger partial charge in [0.05, 0.1) is 45.1 Å². The average molecular weight is 891 g/mol. The van der Waals surface area contributed by atoms with Crippen LogP contribution in [0.4, 0.5) is 0 Å². The van der Waals surface area contributed by atoms with E-state index >= 15 is 0 Å². The lowest BCUT2D eigenvalue weighted by molar-refractivity contribution is 0.668.